The number of methoxy groups -OCH3 is 1. The summed E-state index contributed by atoms with van der Waals surface area (Å²) in [6.45, 7) is 2.41. The minimum atomic E-state index is -0.656. The first-order valence-electron chi connectivity index (χ1n) is 10.4. The summed E-state index contributed by atoms with van der Waals surface area (Å²) in [5.41, 5.74) is 3.48. The van der Waals surface area contributed by atoms with Gasteiger partial charge in [0, 0.05) is 31.0 Å². The summed E-state index contributed by atoms with van der Waals surface area (Å²) in [7, 11) is 1.57. The molecule has 166 valence electrons. The number of carbonyl (C=O) groups is 2. The standard InChI is InChI=1S/C24H25N3O4S/c1-16-24(29)27(14-22(28)25-10-11-30-2)20-13-18(8-9-21(20)31-16)19-15-32-23(26-19)12-17-6-4-3-5-7-17/h3-9,13,15-16H,10-12,14H2,1-2H3,(H,25,28). The SMILES string of the molecule is COCCNC(=O)CN1C(=O)C(C)Oc2ccc(-c3csc(Cc4ccccc4)n3)cc21. The van der Waals surface area contributed by atoms with E-state index in [9.17, 15) is 9.59 Å². The molecule has 0 bridgehead atoms. The van der Waals surface area contributed by atoms with Gasteiger partial charge in [-0.2, -0.15) is 0 Å². The maximum Gasteiger partial charge on any atom is 0.268 e. The highest BCUT2D eigenvalue weighted by atomic mass is 32.1. The number of aromatic nitrogens is 1. The molecule has 0 saturated heterocycles. The third-order valence-corrected chi connectivity index (χ3v) is 5.99. The Balaban J connectivity index is 1.56. The lowest BCUT2D eigenvalue weighted by molar-refractivity contribution is -0.128. The number of nitrogens with zero attached hydrogens (tertiary/aromatic N) is 2. The Hall–Kier alpha value is -3.23. The van der Waals surface area contributed by atoms with E-state index < -0.39 is 6.10 Å². The highest BCUT2D eigenvalue weighted by Crippen LogP contribution is 2.37. The fraction of sp³-hybridized carbons (Fsp3) is 0.292. The molecule has 0 radical (unpaired) electrons. The van der Waals surface area contributed by atoms with E-state index in [2.05, 4.69) is 17.4 Å². The summed E-state index contributed by atoms with van der Waals surface area (Å²) in [4.78, 5) is 31.4. The van der Waals surface area contributed by atoms with Crippen molar-refractivity contribution in [2.24, 2.45) is 0 Å². The number of thiazole rings is 1. The van der Waals surface area contributed by atoms with Gasteiger partial charge in [0.1, 0.15) is 12.3 Å². The van der Waals surface area contributed by atoms with E-state index in [4.69, 9.17) is 14.5 Å². The number of carbonyl (C=O) groups excluding carboxylic acids is 2. The van der Waals surface area contributed by atoms with Gasteiger partial charge in [0.05, 0.1) is 23.0 Å². The second-order valence-corrected chi connectivity index (χ2v) is 8.44. The van der Waals surface area contributed by atoms with Crippen molar-refractivity contribution in [1.82, 2.24) is 10.3 Å². The molecule has 4 rings (SSSR count). The van der Waals surface area contributed by atoms with Gasteiger partial charge < -0.3 is 14.8 Å². The lowest BCUT2D eigenvalue weighted by Crippen LogP contribution is -2.49. The molecule has 1 atom stereocenters. The van der Waals surface area contributed by atoms with E-state index >= 15 is 0 Å². The van der Waals surface area contributed by atoms with E-state index in [0.717, 1.165) is 22.7 Å². The van der Waals surface area contributed by atoms with Crippen molar-refractivity contribution in [2.45, 2.75) is 19.4 Å². The smallest absolute Gasteiger partial charge is 0.268 e. The lowest BCUT2D eigenvalue weighted by Gasteiger charge is -2.32. The molecule has 7 nitrogen and oxygen atoms in total. The van der Waals surface area contributed by atoms with Crippen molar-refractivity contribution in [2.75, 3.05) is 31.7 Å². The Morgan fingerprint density at radius 1 is 1.25 bits per heavy atom. The van der Waals surface area contributed by atoms with Crippen LogP contribution >= 0.6 is 11.3 Å². The van der Waals surface area contributed by atoms with Crippen LogP contribution in [0.1, 0.15) is 17.5 Å². The molecule has 1 aromatic heterocycles. The molecule has 0 saturated carbocycles. The Morgan fingerprint density at radius 2 is 2.06 bits per heavy atom. The van der Waals surface area contributed by atoms with Gasteiger partial charge in [-0.3, -0.25) is 14.5 Å². The maximum atomic E-state index is 12.8. The third-order valence-electron chi connectivity index (χ3n) is 5.14. The van der Waals surface area contributed by atoms with Crippen molar-refractivity contribution < 1.29 is 19.1 Å². The number of hydrogen-bond acceptors (Lipinski definition) is 6. The minimum absolute atomic E-state index is 0.0803. The normalized spacial score (nSPS) is 15.2. The van der Waals surface area contributed by atoms with Crippen LogP contribution in [-0.4, -0.2) is 49.7 Å². The molecular weight excluding hydrogens is 426 g/mol. The molecule has 1 N–H and O–H groups in total. The number of rotatable bonds is 8. The molecule has 0 spiro atoms. The molecule has 1 aliphatic rings. The van der Waals surface area contributed by atoms with Crippen molar-refractivity contribution in [3.05, 3.63) is 64.5 Å². The van der Waals surface area contributed by atoms with Crippen LogP contribution in [0.2, 0.25) is 0 Å². The van der Waals surface area contributed by atoms with Crippen LogP contribution in [-0.2, 0) is 20.7 Å². The van der Waals surface area contributed by atoms with Crippen LogP contribution in [0.25, 0.3) is 11.3 Å². The van der Waals surface area contributed by atoms with E-state index in [1.807, 2.05) is 41.8 Å². The number of ether oxygens (including phenoxy) is 2. The molecule has 0 aliphatic carbocycles. The van der Waals surface area contributed by atoms with Gasteiger partial charge in [-0.1, -0.05) is 30.3 Å². The monoisotopic (exact) mass is 451 g/mol. The molecule has 1 aliphatic heterocycles. The second kappa shape index (κ2) is 9.93. The molecule has 3 aromatic rings. The van der Waals surface area contributed by atoms with Gasteiger partial charge in [-0.15, -0.1) is 11.3 Å². The maximum absolute atomic E-state index is 12.8. The van der Waals surface area contributed by atoms with Crippen LogP contribution in [0.4, 0.5) is 5.69 Å². The van der Waals surface area contributed by atoms with Crippen molar-refractivity contribution in [3.8, 4) is 17.0 Å². The van der Waals surface area contributed by atoms with Gasteiger partial charge in [0.15, 0.2) is 6.10 Å². The largest absolute Gasteiger partial charge is 0.479 e. The molecule has 2 amide bonds. The summed E-state index contributed by atoms with van der Waals surface area (Å²) in [6, 6.07) is 15.8. The molecular formula is C24H25N3O4S. The first kappa shape index (κ1) is 22.0. The first-order chi connectivity index (χ1) is 15.5. The Kier molecular flexibility index (Phi) is 6.82. The van der Waals surface area contributed by atoms with Crippen LogP contribution in [0, 0.1) is 0 Å². The van der Waals surface area contributed by atoms with Gasteiger partial charge >= 0.3 is 0 Å². The molecule has 32 heavy (non-hydrogen) atoms. The topological polar surface area (TPSA) is 80.8 Å². The van der Waals surface area contributed by atoms with Gasteiger partial charge in [0.25, 0.3) is 5.91 Å². The van der Waals surface area contributed by atoms with Gasteiger partial charge in [-0.05, 0) is 30.7 Å². The quantitative estimate of drug-likeness (QED) is 0.532. The average Bonchev–Trinajstić information content (AvgIpc) is 3.26. The van der Waals surface area contributed by atoms with E-state index in [1.165, 1.54) is 10.5 Å². The number of hydrogen-bond donors (Lipinski definition) is 1. The van der Waals surface area contributed by atoms with E-state index in [0.29, 0.717) is 24.6 Å². The molecule has 2 aromatic carbocycles. The Bertz CT molecular complexity index is 1100. The summed E-state index contributed by atoms with van der Waals surface area (Å²) in [5.74, 6) is 0.0736. The van der Waals surface area contributed by atoms with Gasteiger partial charge in [-0.25, -0.2) is 4.98 Å². The second-order valence-electron chi connectivity index (χ2n) is 7.50. The molecule has 1 unspecified atom stereocenters. The molecule has 2 heterocycles. The Morgan fingerprint density at radius 3 is 2.84 bits per heavy atom. The summed E-state index contributed by atoms with van der Waals surface area (Å²) in [5, 5.41) is 5.78. The Labute approximate surface area is 191 Å². The van der Waals surface area contributed by atoms with E-state index in [1.54, 1.807) is 25.4 Å². The molecule has 8 heteroatoms. The average molecular weight is 452 g/mol. The van der Waals surface area contributed by atoms with Crippen LogP contribution in [0.15, 0.2) is 53.9 Å². The number of benzene rings is 2. The fourth-order valence-electron chi connectivity index (χ4n) is 3.52. The van der Waals surface area contributed by atoms with Crippen molar-refractivity contribution >= 4 is 28.8 Å². The van der Waals surface area contributed by atoms with Crippen LogP contribution in [0.3, 0.4) is 0 Å². The van der Waals surface area contributed by atoms with Crippen molar-refractivity contribution in [3.63, 3.8) is 0 Å². The first-order valence-corrected chi connectivity index (χ1v) is 11.3. The van der Waals surface area contributed by atoms with Crippen molar-refractivity contribution in [1.29, 1.82) is 0 Å². The number of anilines is 1. The highest BCUT2D eigenvalue weighted by Gasteiger charge is 2.33. The minimum Gasteiger partial charge on any atom is -0.479 e. The predicted molar refractivity (Wildman–Crippen MR) is 124 cm³/mol. The lowest BCUT2D eigenvalue weighted by atomic mass is 10.1. The van der Waals surface area contributed by atoms with E-state index in [-0.39, 0.29) is 18.4 Å². The zero-order valence-electron chi connectivity index (χ0n) is 18.0. The summed E-state index contributed by atoms with van der Waals surface area (Å²) >= 11 is 1.60. The predicted octanol–water partition coefficient (Wildman–Crippen LogP) is 3.28. The zero-order chi connectivity index (χ0) is 22.5. The fourth-order valence-corrected chi connectivity index (χ4v) is 4.35. The summed E-state index contributed by atoms with van der Waals surface area (Å²) < 4.78 is 10.7. The molecule has 0 fully saturated rings. The van der Waals surface area contributed by atoms with Crippen LogP contribution in [0.5, 0.6) is 5.75 Å². The summed E-state index contributed by atoms with van der Waals surface area (Å²) in [6.07, 6.45) is 0.112. The zero-order valence-corrected chi connectivity index (χ0v) is 18.9. The number of fused-ring (bicyclic) bond motifs is 1. The van der Waals surface area contributed by atoms with Crippen LogP contribution < -0.4 is 15.0 Å². The number of amides is 2. The number of nitrogens with one attached hydrogen (secondary N) is 1. The van der Waals surface area contributed by atoms with Gasteiger partial charge in [0.2, 0.25) is 5.91 Å². The third kappa shape index (κ3) is 4.98. The highest BCUT2D eigenvalue weighted by molar-refractivity contribution is 7.10.